The normalized spacial score (nSPS) is 12.1. The summed E-state index contributed by atoms with van der Waals surface area (Å²) in [6.07, 6.45) is -0.639. The van der Waals surface area contributed by atoms with Gasteiger partial charge < -0.3 is 9.15 Å². The largest absolute Gasteiger partial charge is 0.482 e. The van der Waals surface area contributed by atoms with Crippen molar-refractivity contribution < 1.29 is 13.9 Å². The second-order valence-corrected chi connectivity index (χ2v) is 5.88. The molecule has 0 N–H and O–H groups in total. The number of carbonyl (C=O) groups excluding carboxylic acids is 1. The summed E-state index contributed by atoms with van der Waals surface area (Å²) in [6.45, 7) is 5.69. The van der Waals surface area contributed by atoms with Gasteiger partial charge >= 0.3 is 5.63 Å². The van der Waals surface area contributed by atoms with Gasteiger partial charge in [0.25, 0.3) is 0 Å². The average molecular weight is 322 g/mol. The molecule has 3 aromatic rings. The number of Topliss-reactive ketones (excluding diaryl/α,β-unsaturated/α-hetero) is 1. The summed E-state index contributed by atoms with van der Waals surface area (Å²) in [5, 5.41) is 0.801. The zero-order valence-electron chi connectivity index (χ0n) is 13.8. The van der Waals surface area contributed by atoms with Crippen LogP contribution in [0.2, 0.25) is 0 Å². The number of benzene rings is 2. The van der Waals surface area contributed by atoms with Gasteiger partial charge in [0.1, 0.15) is 11.3 Å². The van der Waals surface area contributed by atoms with Gasteiger partial charge in [-0.3, -0.25) is 4.79 Å². The molecule has 0 aliphatic carbocycles. The Kier molecular flexibility index (Phi) is 4.21. The third-order valence-electron chi connectivity index (χ3n) is 4.07. The summed E-state index contributed by atoms with van der Waals surface area (Å²) >= 11 is 0. The Morgan fingerprint density at radius 1 is 1.00 bits per heavy atom. The topological polar surface area (TPSA) is 56.5 Å². The Labute approximate surface area is 139 Å². The van der Waals surface area contributed by atoms with Gasteiger partial charge in [0, 0.05) is 23.1 Å². The first-order valence-electron chi connectivity index (χ1n) is 7.76. The highest BCUT2D eigenvalue weighted by atomic mass is 16.5. The van der Waals surface area contributed by atoms with E-state index in [4.69, 9.17) is 9.15 Å². The molecule has 0 bridgehead atoms. The molecule has 0 aliphatic heterocycles. The van der Waals surface area contributed by atoms with Crippen molar-refractivity contribution in [3.8, 4) is 5.75 Å². The molecule has 122 valence electrons. The molecule has 0 fully saturated rings. The standard InChI is InChI=1S/C20H18O4/c1-12-4-5-16(10-13(12)2)20(22)14(3)23-17-8-6-15-7-9-19(21)24-18(15)11-17/h4-11,14H,1-3H3/t14-/m1/s1. The Bertz CT molecular complexity index is 969. The van der Waals surface area contributed by atoms with Gasteiger partial charge in [0.2, 0.25) is 5.78 Å². The Balaban J connectivity index is 1.83. The molecule has 0 radical (unpaired) electrons. The lowest BCUT2D eigenvalue weighted by molar-refractivity contribution is 0.0818. The first-order chi connectivity index (χ1) is 11.4. The molecule has 0 spiro atoms. The predicted molar refractivity (Wildman–Crippen MR) is 92.8 cm³/mol. The molecule has 0 unspecified atom stereocenters. The Morgan fingerprint density at radius 3 is 2.50 bits per heavy atom. The molecular weight excluding hydrogens is 304 g/mol. The second kappa shape index (κ2) is 6.32. The maximum atomic E-state index is 12.5. The van der Waals surface area contributed by atoms with E-state index in [-0.39, 0.29) is 5.78 Å². The molecule has 1 heterocycles. The van der Waals surface area contributed by atoms with E-state index >= 15 is 0 Å². The number of hydrogen-bond donors (Lipinski definition) is 0. The van der Waals surface area contributed by atoms with Crippen molar-refractivity contribution in [2.24, 2.45) is 0 Å². The monoisotopic (exact) mass is 322 g/mol. The number of carbonyl (C=O) groups is 1. The molecule has 2 aromatic carbocycles. The highest BCUT2D eigenvalue weighted by Crippen LogP contribution is 2.21. The van der Waals surface area contributed by atoms with Crippen LogP contribution in [0.4, 0.5) is 0 Å². The van der Waals surface area contributed by atoms with Crippen LogP contribution in [-0.4, -0.2) is 11.9 Å². The zero-order chi connectivity index (χ0) is 17.3. The van der Waals surface area contributed by atoms with E-state index in [2.05, 4.69) is 0 Å². The fourth-order valence-corrected chi connectivity index (χ4v) is 2.50. The number of ketones is 1. The minimum Gasteiger partial charge on any atom is -0.482 e. The smallest absolute Gasteiger partial charge is 0.336 e. The van der Waals surface area contributed by atoms with E-state index in [1.165, 1.54) is 6.07 Å². The minimum absolute atomic E-state index is 0.0901. The van der Waals surface area contributed by atoms with Crippen molar-refractivity contribution in [1.82, 2.24) is 0 Å². The van der Waals surface area contributed by atoms with Crippen molar-refractivity contribution in [2.45, 2.75) is 26.9 Å². The molecule has 3 rings (SSSR count). The first kappa shape index (κ1) is 16.0. The molecule has 0 saturated heterocycles. The third-order valence-corrected chi connectivity index (χ3v) is 4.07. The molecule has 4 heteroatoms. The van der Waals surface area contributed by atoms with E-state index in [1.54, 1.807) is 31.2 Å². The molecule has 0 saturated carbocycles. The van der Waals surface area contributed by atoms with Gasteiger partial charge in [-0.25, -0.2) is 4.79 Å². The van der Waals surface area contributed by atoms with Gasteiger partial charge in [0.05, 0.1) is 0 Å². The fraction of sp³-hybridized carbons (Fsp3) is 0.200. The van der Waals surface area contributed by atoms with Gasteiger partial charge in [-0.2, -0.15) is 0 Å². The van der Waals surface area contributed by atoms with Gasteiger partial charge in [-0.05, 0) is 56.2 Å². The van der Waals surface area contributed by atoms with Crippen molar-refractivity contribution in [2.75, 3.05) is 0 Å². The van der Waals surface area contributed by atoms with E-state index in [0.717, 1.165) is 16.5 Å². The molecule has 0 amide bonds. The Hall–Kier alpha value is -2.88. The minimum atomic E-state index is -0.639. The predicted octanol–water partition coefficient (Wildman–Crippen LogP) is 4.06. The van der Waals surface area contributed by atoms with Crippen LogP contribution in [0.3, 0.4) is 0 Å². The van der Waals surface area contributed by atoms with Gasteiger partial charge in [0.15, 0.2) is 6.10 Å². The summed E-state index contributed by atoms with van der Waals surface area (Å²) in [4.78, 5) is 23.8. The van der Waals surface area contributed by atoms with Crippen LogP contribution in [0.5, 0.6) is 5.75 Å². The van der Waals surface area contributed by atoms with Crippen LogP contribution in [-0.2, 0) is 0 Å². The van der Waals surface area contributed by atoms with Crippen molar-refractivity contribution in [3.05, 3.63) is 75.6 Å². The molecule has 1 atom stereocenters. The van der Waals surface area contributed by atoms with Crippen LogP contribution in [0, 0.1) is 13.8 Å². The lowest BCUT2D eigenvalue weighted by atomic mass is 10.0. The molecule has 24 heavy (non-hydrogen) atoms. The molecule has 0 aliphatic rings. The number of fused-ring (bicyclic) bond motifs is 1. The molecule has 4 nitrogen and oxygen atoms in total. The highest BCUT2D eigenvalue weighted by Gasteiger charge is 2.17. The van der Waals surface area contributed by atoms with E-state index < -0.39 is 11.7 Å². The summed E-state index contributed by atoms with van der Waals surface area (Å²) in [5.41, 5.74) is 2.85. The second-order valence-electron chi connectivity index (χ2n) is 5.88. The van der Waals surface area contributed by atoms with Crippen molar-refractivity contribution in [3.63, 3.8) is 0 Å². The zero-order valence-corrected chi connectivity index (χ0v) is 13.8. The van der Waals surface area contributed by atoms with Crippen molar-refractivity contribution >= 4 is 16.8 Å². The van der Waals surface area contributed by atoms with Gasteiger partial charge in [-0.1, -0.05) is 12.1 Å². The van der Waals surface area contributed by atoms with Crippen LogP contribution in [0.15, 0.2) is 57.7 Å². The van der Waals surface area contributed by atoms with Crippen LogP contribution in [0.1, 0.15) is 28.4 Å². The summed E-state index contributed by atoms with van der Waals surface area (Å²) in [7, 11) is 0. The van der Waals surface area contributed by atoms with Crippen LogP contribution >= 0.6 is 0 Å². The maximum Gasteiger partial charge on any atom is 0.336 e. The Morgan fingerprint density at radius 2 is 1.75 bits per heavy atom. The summed E-state index contributed by atoms with van der Waals surface area (Å²) < 4.78 is 10.9. The molecular formula is C20H18O4. The first-order valence-corrected chi connectivity index (χ1v) is 7.76. The quantitative estimate of drug-likeness (QED) is 0.537. The summed E-state index contributed by atoms with van der Waals surface area (Å²) in [5.74, 6) is 0.397. The maximum absolute atomic E-state index is 12.5. The number of aryl methyl sites for hydroxylation is 2. The third kappa shape index (κ3) is 3.23. The lowest BCUT2D eigenvalue weighted by Crippen LogP contribution is -2.24. The van der Waals surface area contributed by atoms with Crippen LogP contribution < -0.4 is 10.4 Å². The van der Waals surface area contributed by atoms with E-state index in [1.807, 2.05) is 32.0 Å². The number of rotatable bonds is 4. The lowest BCUT2D eigenvalue weighted by Gasteiger charge is -2.14. The molecule has 1 aromatic heterocycles. The highest BCUT2D eigenvalue weighted by molar-refractivity contribution is 5.99. The van der Waals surface area contributed by atoms with E-state index in [0.29, 0.717) is 16.9 Å². The average Bonchev–Trinajstić information content (AvgIpc) is 2.56. The van der Waals surface area contributed by atoms with Crippen molar-refractivity contribution in [1.29, 1.82) is 0 Å². The number of hydrogen-bond acceptors (Lipinski definition) is 4. The number of ether oxygens (including phenoxy) is 1. The van der Waals surface area contributed by atoms with Crippen LogP contribution in [0.25, 0.3) is 11.0 Å². The van der Waals surface area contributed by atoms with E-state index in [9.17, 15) is 9.59 Å². The fourth-order valence-electron chi connectivity index (χ4n) is 2.50. The SMILES string of the molecule is Cc1ccc(C(=O)[C@@H](C)Oc2ccc3ccc(=O)oc3c2)cc1C. The summed E-state index contributed by atoms with van der Waals surface area (Å²) in [6, 6.07) is 13.8. The van der Waals surface area contributed by atoms with Gasteiger partial charge in [-0.15, -0.1) is 0 Å².